The van der Waals surface area contributed by atoms with Crippen LogP contribution in [0.25, 0.3) is 11.8 Å². The number of carboxylic acid groups (broad SMARTS) is 1. The summed E-state index contributed by atoms with van der Waals surface area (Å²) in [5, 5.41) is 23.3. The van der Waals surface area contributed by atoms with E-state index in [0.29, 0.717) is 17.2 Å². The van der Waals surface area contributed by atoms with Gasteiger partial charge in [0, 0.05) is 12.3 Å². The van der Waals surface area contributed by atoms with E-state index < -0.39 is 5.97 Å². The highest BCUT2D eigenvalue weighted by atomic mass is 19.1. The number of anilines is 1. The van der Waals surface area contributed by atoms with Crippen molar-refractivity contribution in [3.63, 3.8) is 0 Å². The second-order valence-electron chi connectivity index (χ2n) is 4.75. The molecule has 120 valence electrons. The standard InChI is InChI=1S/C16H12FN5O2/c17-11-5-7-12(8-6-11)22-15(19-20-21-22)9-10-18-14-4-2-1-3-13(14)16(23)24/h1-10,18H,(H,23,24)/b10-9+. The number of aromatic nitrogens is 4. The topological polar surface area (TPSA) is 92.9 Å². The van der Waals surface area contributed by atoms with Gasteiger partial charge in [-0.1, -0.05) is 12.1 Å². The Labute approximate surface area is 136 Å². The Balaban J connectivity index is 1.81. The van der Waals surface area contributed by atoms with Crippen molar-refractivity contribution < 1.29 is 14.3 Å². The molecule has 0 aliphatic rings. The number of carbonyl (C=O) groups is 1. The first-order chi connectivity index (χ1) is 11.6. The molecule has 7 nitrogen and oxygen atoms in total. The number of aromatic carboxylic acids is 1. The van der Waals surface area contributed by atoms with Crippen molar-refractivity contribution in [2.24, 2.45) is 0 Å². The molecule has 0 saturated heterocycles. The molecule has 0 bridgehead atoms. The zero-order valence-corrected chi connectivity index (χ0v) is 12.3. The zero-order chi connectivity index (χ0) is 16.9. The second kappa shape index (κ2) is 6.69. The van der Waals surface area contributed by atoms with Gasteiger partial charge in [-0.3, -0.25) is 0 Å². The summed E-state index contributed by atoms with van der Waals surface area (Å²) in [6, 6.07) is 12.3. The molecule has 3 rings (SSSR count). The molecular formula is C16H12FN5O2. The van der Waals surface area contributed by atoms with Gasteiger partial charge in [0.1, 0.15) is 5.82 Å². The van der Waals surface area contributed by atoms with Gasteiger partial charge in [-0.2, -0.15) is 4.68 Å². The van der Waals surface area contributed by atoms with Crippen molar-refractivity contribution in [2.75, 3.05) is 5.32 Å². The molecule has 0 aliphatic heterocycles. The zero-order valence-electron chi connectivity index (χ0n) is 12.3. The third-order valence-corrected chi connectivity index (χ3v) is 3.19. The molecule has 0 radical (unpaired) electrons. The lowest BCUT2D eigenvalue weighted by Gasteiger charge is -2.05. The minimum Gasteiger partial charge on any atom is -0.478 e. The second-order valence-corrected chi connectivity index (χ2v) is 4.75. The van der Waals surface area contributed by atoms with Crippen molar-refractivity contribution in [3.8, 4) is 5.69 Å². The lowest BCUT2D eigenvalue weighted by atomic mass is 10.2. The highest BCUT2D eigenvalue weighted by molar-refractivity contribution is 5.94. The first kappa shape index (κ1) is 15.3. The lowest BCUT2D eigenvalue weighted by Crippen LogP contribution is -2.02. The molecule has 3 aromatic rings. The molecule has 24 heavy (non-hydrogen) atoms. The average molecular weight is 325 g/mol. The van der Waals surface area contributed by atoms with E-state index in [1.807, 2.05) is 0 Å². The summed E-state index contributed by atoms with van der Waals surface area (Å²) >= 11 is 0. The monoisotopic (exact) mass is 325 g/mol. The number of para-hydroxylation sites is 1. The van der Waals surface area contributed by atoms with Gasteiger partial charge in [-0.05, 0) is 46.8 Å². The summed E-state index contributed by atoms with van der Waals surface area (Å²) in [7, 11) is 0. The number of nitrogens with zero attached hydrogens (tertiary/aromatic N) is 4. The molecule has 2 aromatic carbocycles. The Bertz CT molecular complexity index is 889. The summed E-state index contributed by atoms with van der Waals surface area (Å²) in [4.78, 5) is 11.1. The van der Waals surface area contributed by atoms with Gasteiger partial charge < -0.3 is 10.4 Å². The molecular weight excluding hydrogens is 313 g/mol. The number of rotatable bonds is 5. The molecule has 0 spiro atoms. The fourth-order valence-electron chi connectivity index (χ4n) is 2.07. The smallest absolute Gasteiger partial charge is 0.337 e. The molecule has 8 heteroatoms. The van der Waals surface area contributed by atoms with Crippen LogP contribution in [-0.2, 0) is 0 Å². The fraction of sp³-hybridized carbons (Fsp3) is 0. The van der Waals surface area contributed by atoms with Crippen LogP contribution in [0, 0.1) is 5.82 Å². The largest absolute Gasteiger partial charge is 0.478 e. The number of hydrogen-bond acceptors (Lipinski definition) is 5. The number of tetrazole rings is 1. The van der Waals surface area contributed by atoms with Crippen LogP contribution in [0.15, 0.2) is 54.7 Å². The maximum absolute atomic E-state index is 13.0. The van der Waals surface area contributed by atoms with Crippen LogP contribution in [0.4, 0.5) is 10.1 Å². The Hall–Kier alpha value is -3.55. The lowest BCUT2D eigenvalue weighted by molar-refractivity contribution is 0.0698. The number of hydrogen-bond donors (Lipinski definition) is 2. The number of carboxylic acids is 1. The van der Waals surface area contributed by atoms with Gasteiger partial charge in [-0.25, -0.2) is 9.18 Å². The molecule has 0 aliphatic carbocycles. The normalized spacial score (nSPS) is 10.9. The maximum atomic E-state index is 13.0. The Morgan fingerprint density at radius 3 is 2.67 bits per heavy atom. The Kier molecular flexibility index (Phi) is 4.28. The SMILES string of the molecule is O=C(O)c1ccccc1N/C=C/c1nnnn1-c1ccc(F)cc1. The number of halogens is 1. The van der Waals surface area contributed by atoms with Gasteiger partial charge in [0.25, 0.3) is 0 Å². The molecule has 0 unspecified atom stereocenters. The van der Waals surface area contributed by atoms with Gasteiger partial charge in [0.15, 0.2) is 5.82 Å². The first-order valence-corrected chi connectivity index (χ1v) is 6.95. The molecule has 1 heterocycles. The first-order valence-electron chi connectivity index (χ1n) is 6.95. The van der Waals surface area contributed by atoms with Crippen LogP contribution in [0.5, 0.6) is 0 Å². The molecule has 2 N–H and O–H groups in total. The van der Waals surface area contributed by atoms with Crippen molar-refractivity contribution in [1.82, 2.24) is 20.2 Å². The van der Waals surface area contributed by atoms with Crippen molar-refractivity contribution >= 4 is 17.7 Å². The maximum Gasteiger partial charge on any atom is 0.337 e. The third kappa shape index (κ3) is 3.27. The summed E-state index contributed by atoms with van der Waals surface area (Å²) in [5.74, 6) is -0.972. The van der Waals surface area contributed by atoms with E-state index in [4.69, 9.17) is 5.11 Å². The van der Waals surface area contributed by atoms with E-state index in [0.717, 1.165) is 0 Å². The van der Waals surface area contributed by atoms with Gasteiger partial charge >= 0.3 is 5.97 Å². The Morgan fingerprint density at radius 2 is 1.92 bits per heavy atom. The van der Waals surface area contributed by atoms with Crippen LogP contribution in [0.2, 0.25) is 0 Å². The van der Waals surface area contributed by atoms with E-state index in [-0.39, 0.29) is 11.4 Å². The predicted octanol–water partition coefficient (Wildman–Crippen LogP) is 2.58. The highest BCUT2D eigenvalue weighted by Gasteiger charge is 2.08. The number of nitrogens with one attached hydrogen (secondary N) is 1. The van der Waals surface area contributed by atoms with E-state index in [1.165, 1.54) is 29.1 Å². The van der Waals surface area contributed by atoms with E-state index >= 15 is 0 Å². The predicted molar refractivity (Wildman–Crippen MR) is 85.2 cm³/mol. The number of benzene rings is 2. The van der Waals surface area contributed by atoms with Crippen LogP contribution in [0.3, 0.4) is 0 Å². The molecule has 0 atom stereocenters. The van der Waals surface area contributed by atoms with Crippen LogP contribution >= 0.6 is 0 Å². The molecule has 0 amide bonds. The minimum atomic E-state index is -1.03. The third-order valence-electron chi connectivity index (χ3n) is 3.19. The summed E-state index contributed by atoms with van der Waals surface area (Å²) in [5.41, 5.74) is 1.20. The van der Waals surface area contributed by atoms with Crippen molar-refractivity contribution in [3.05, 3.63) is 71.9 Å². The van der Waals surface area contributed by atoms with Gasteiger partial charge in [0.2, 0.25) is 0 Å². The van der Waals surface area contributed by atoms with Crippen molar-refractivity contribution in [1.29, 1.82) is 0 Å². The molecule has 0 fully saturated rings. The summed E-state index contributed by atoms with van der Waals surface area (Å²) < 4.78 is 14.4. The van der Waals surface area contributed by atoms with Gasteiger partial charge in [0.05, 0.1) is 16.9 Å². The van der Waals surface area contributed by atoms with Crippen LogP contribution in [0.1, 0.15) is 16.2 Å². The molecule has 0 saturated carbocycles. The van der Waals surface area contributed by atoms with E-state index in [1.54, 1.807) is 36.4 Å². The van der Waals surface area contributed by atoms with E-state index in [2.05, 4.69) is 20.8 Å². The summed E-state index contributed by atoms with van der Waals surface area (Å²) in [6.07, 6.45) is 3.12. The Morgan fingerprint density at radius 1 is 1.17 bits per heavy atom. The van der Waals surface area contributed by atoms with E-state index in [9.17, 15) is 9.18 Å². The van der Waals surface area contributed by atoms with Crippen molar-refractivity contribution in [2.45, 2.75) is 0 Å². The highest BCUT2D eigenvalue weighted by Crippen LogP contribution is 2.15. The van der Waals surface area contributed by atoms with Gasteiger partial charge in [-0.15, -0.1) is 5.10 Å². The molecule has 1 aromatic heterocycles. The quantitative estimate of drug-likeness (QED) is 0.749. The minimum absolute atomic E-state index is 0.153. The van der Waals surface area contributed by atoms with Crippen LogP contribution < -0.4 is 5.32 Å². The van der Waals surface area contributed by atoms with Crippen LogP contribution in [-0.4, -0.2) is 31.3 Å². The summed E-state index contributed by atoms with van der Waals surface area (Å²) in [6.45, 7) is 0. The fourth-order valence-corrected chi connectivity index (χ4v) is 2.07. The average Bonchev–Trinajstić information content (AvgIpc) is 3.04.